The number of esters is 4. The molecule has 0 bridgehead atoms. The van der Waals surface area contributed by atoms with Gasteiger partial charge in [-0.1, -0.05) is 253 Å². The Hall–Kier alpha value is -2.46. The lowest BCUT2D eigenvalue weighted by Crippen LogP contribution is -2.30. The first-order valence-corrected chi connectivity index (χ1v) is 37.2. The standard InChI is InChI=1S/C67H126O17P2/c1-8-11-12-13-14-15-16-17-18-19-20-21-26-36-43-50-66(71)83-62(55-78-65(70)49-42-35-29-27-32-39-46-59(6)9-2)56-81-85(73,74)79-52-61(68)53-80-86(75,76)82-57-63(84-67(72)51-44-37-30-28-33-40-47-60(7)10-3)54-77-64(69)48-41-34-25-23-22-24-31-38-45-58(4)5/h15-18,58-63,68H,8-14,19-57H2,1-7H3,(H,73,74)(H,75,76)/b16-15-,18-17-/t59?,60?,61-,62+,63+/m0/s1. The Labute approximate surface area is 522 Å². The molecule has 86 heavy (non-hydrogen) atoms. The number of unbranched alkanes of at least 4 members (excludes halogenated alkanes) is 26. The van der Waals surface area contributed by atoms with E-state index in [1.165, 1.54) is 96.3 Å². The summed E-state index contributed by atoms with van der Waals surface area (Å²) in [5.74, 6) is 0.00399. The molecule has 7 atom stereocenters. The largest absolute Gasteiger partial charge is 0.472 e. The second-order valence-corrected chi connectivity index (χ2v) is 27.4. The van der Waals surface area contributed by atoms with E-state index in [0.717, 1.165) is 127 Å². The number of phosphoric ester groups is 2. The molecule has 0 spiro atoms. The van der Waals surface area contributed by atoms with Gasteiger partial charge in [0.05, 0.1) is 26.4 Å². The van der Waals surface area contributed by atoms with Crippen LogP contribution in [0, 0.1) is 17.8 Å². The molecule has 0 aliphatic heterocycles. The van der Waals surface area contributed by atoms with Crippen LogP contribution in [-0.4, -0.2) is 96.7 Å². The van der Waals surface area contributed by atoms with Crippen LogP contribution < -0.4 is 0 Å². The average Bonchev–Trinajstić information content (AvgIpc) is 3.55. The zero-order chi connectivity index (χ0) is 63.8. The molecule has 0 fully saturated rings. The normalized spacial score (nSPS) is 15.1. The van der Waals surface area contributed by atoms with E-state index in [2.05, 4.69) is 72.8 Å². The van der Waals surface area contributed by atoms with Crippen LogP contribution in [-0.2, 0) is 65.4 Å². The molecule has 0 aliphatic carbocycles. The highest BCUT2D eigenvalue weighted by Crippen LogP contribution is 2.45. The van der Waals surface area contributed by atoms with Crippen LogP contribution in [0.3, 0.4) is 0 Å². The summed E-state index contributed by atoms with van der Waals surface area (Å²) in [5.41, 5.74) is 0. The summed E-state index contributed by atoms with van der Waals surface area (Å²) < 4.78 is 68.1. The van der Waals surface area contributed by atoms with Gasteiger partial charge in [-0.25, -0.2) is 9.13 Å². The van der Waals surface area contributed by atoms with Gasteiger partial charge >= 0.3 is 39.5 Å². The molecule has 17 nitrogen and oxygen atoms in total. The van der Waals surface area contributed by atoms with Crippen molar-refractivity contribution in [3.05, 3.63) is 24.3 Å². The van der Waals surface area contributed by atoms with Crippen molar-refractivity contribution in [1.29, 1.82) is 0 Å². The van der Waals surface area contributed by atoms with E-state index in [4.69, 9.17) is 37.0 Å². The fourth-order valence-corrected chi connectivity index (χ4v) is 11.0. The second kappa shape index (κ2) is 57.7. The summed E-state index contributed by atoms with van der Waals surface area (Å²) in [4.78, 5) is 72.3. The summed E-state index contributed by atoms with van der Waals surface area (Å²) in [6.45, 7) is 11.6. The molecule has 0 aromatic carbocycles. The lowest BCUT2D eigenvalue weighted by atomic mass is 10.00. The minimum atomic E-state index is -4.96. The van der Waals surface area contributed by atoms with E-state index in [0.29, 0.717) is 25.7 Å². The first-order valence-electron chi connectivity index (χ1n) is 34.2. The molecule has 506 valence electrons. The van der Waals surface area contributed by atoms with Gasteiger partial charge in [-0.2, -0.15) is 0 Å². The third-order valence-corrected chi connectivity index (χ3v) is 17.4. The number of allylic oxidation sites excluding steroid dienone is 4. The lowest BCUT2D eigenvalue weighted by Gasteiger charge is -2.21. The van der Waals surface area contributed by atoms with Crippen LogP contribution >= 0.6 is 15.6 Å². The summed E-state index contributed by atoms with van der Waals surface area (Å²) in [6, 6.07) is 0. The predicted molar refractivity (Wildman–Crippen MR) is 344 cm³/mol. The number of carbonyl (C=O) groups excluding carboxylic acids is 4. The fourth-order valence-electron chi connectivity index (χ4n) is 9.41. The third kappa shape index (κ3) is 57.9. The Bertz CT molecular complexity index is 1800. The van der Waals surface area contributed by atoms with Crippen molar-refractivity contribution in [2.45, 2.75) is 324 Å². The Morgan fingerprint density at radius 3 is 1.03 bits per heavy atom. The highest BCUT2D eigenvalue weighted by Gasteiger charge is 2.30. The minimum absolute atomic E-state index is 0.0834. The van der Waals surface area contributed by atoms with Crippen LogP contribution in [0.1, 0.15) is 305 Å². The van der Waals surface area contributed by atoms with Crippen LogP contribution in [0.2, 0.25) is 0 Å². The van der Waals surface area contributed by atoms with Crippen LogP contribution in [0.25, 0.3) is 0 Å². The molecule has 0 heterocycles. The van der Waals surface area contributed by atoms with Crippen molar-refractivity contribution in [1.82, 2.24) is 0 Å². The fraction of sp³-hybridized carbons (Fsp3) is 0.881. The molecule has 0 radical (unpaired) electrons. The summed E-state index contributed by atoms with van der Waals surface area (Å²) in [5, 5.41) is 10.6. The van der Waals surface area contributed by atoms with E-state index in [9.17, 15) is 43.2 Å². The molecule has 0 amide bonds. The molecular formula is C67H126O17P2. The molecule has 0 saturated heterocycles. The van der Waals surface area contributed by atoms with Crippen molar-refractivity contribution in [2.75, 3.05) is 39.6 Å². The number of hydrogen-bond donors (Lipinski definition) is 3. The minimum Gasteiger partial charge on any atom is -0.462 e. The number of rotatable bonds is 63. The molecule has 0 aromatic heterocycles. The first kappa shape index (κ1) is 83.5. The average molecular weight is 1270 g/mol. The molecule has 0 aromatic rings. The van der Waals surface area contributed by atoms with Gasteiger partial charge in [0.25, 0.3) is 0 Å². The van der Waals surface area contributed by atoms with E-state index in [1.54, 1.807) is 0 Å². The maximum Gasteiger partial charge on any atom is 0.472 e. The molecule has 0 saturated carbocycles. The van der Waals surface area contributed by atoms with Gasteiger partial charge in [-0.3, -0.25) is 37.3 Å². The van der Waals surface area contributed by atoms with E-state index < -0.39 is 97.5 Å². The Morgan fingerprint density at radius 1 is 0.384 bits per heavy atom. The Balaban J connectivity index is 5.29. The van der Waals surface area contributed by atoms with E-state index in [1.807, 2.05) is 0 Å². The van der Waals surface area contributed by atoms with Gasteiger partial charge in [0.1, 0.15) is 19.3 Å². The number of hydrogen-bond acceptors (Lipinski definition) is 15. The van der Waals surface area contributed by atoms with Crippen LogP contribution in [0.4, 0.5) is 0 Å². The predicted octanol–water partition coefficient (Wildman–Crippen LogP) is 18.2. The first-order chi connectivity index (χ1) is 41.3. The smallest absolute Gasteiger partial charge is 0.462 e. The molecule has 19 heteroatoms. The summed E-state index contributed by atoms with van der Waals surface area (Å²) in [7, 11) is -9.91. The van der Waals surface area contributed by atoms with Crippen LogP contribution in [0.15, 0.2) is 24.3 Å². The number of aliphatic hydroxyl groups excluding tert-OH is 1. The van der Waals surface area contributed by atoms with Gasteiger partial charge in [-0.05, 0) is 69.1 Å². The summed E-state index contributed by atoms with van der Waals surface area (Å²) in [6.07, 6.45) is 42.6. The van der Waals surface area contributed by atoms with Gasteiger partial charge in [0.2, 0.25) is 0 Å². The zero-order valence-corrected chi connectivity index (χ0v) is 57.0. The van der Waals surface area contributed by atoms with Gasteiger partial charge in [0.15, 0.2) is 12.2 Å². The third-order valence-electron chi connectivity index (χ3n) is 15.5. The number of aliphatic hydroxyl groups is 1. The van der Waals surface area contributed by atoms with Crippen molar-refractivity contribution in [2.24, 2.45) is 17.8 Å². The van der Waals surface area contributed by atoms with Crippen molar-refractivity contribution >= 4 is 39.5 Å². The van der Waals surface area contributed by atoms with Gasteiger partial charge in [0, 0.05) is 25.7 Å². The molecule has 3 N–H and O–H groups in total. The van der Waals surface area contributed by atoms with Crippen molar-refractivity contribution in [3.63, 3.8) is 0 Å². The molecular weight excluding hydrogens is 1140 g/mol. The maximum absolute atomic E-state index is 13.0. The molecule has 0 rings (SSSR count). The van der Waals surface area contributed by atoms with Gasteiger partial charge in [-0.15, -0.1) is 0 Å². The maximum atomic E-state index is 13.0. The lowest BCUT2D eigenvalue weighted by molar-refractivity contribution is -0.161. The zero-order valence-electron chi connectivity index (χ0n) is 55.3. The van der Waals surface area contributed by atoms with E-state index in [-0.39, 0.29) is 25.7 Å². The topological polar surface area (TPSA) is 237 Å². The monoisotopic (exact) mass is 1260 g/mol. The van der Waals surface area contributed by atoms with Gasteiger partial charge < -0.3 is 33.8 Å². The second-order valence-electron chi connectivity index (χ2n) is 24.5. The number of carbonyl (C=O) groups is 4. The summed E-state index contributed by atoms with van der Waals surface area (Å²) >= 11 is 0. The molecule has 4 unspecified atom stereocenters. The van der Waals surface area contributed by atoms with Crippen molar-refractivity contribution in [3.8, 4) is 0 Å². The number of phosphoric acid groups is 2. The van der Waals surface area contributed by atoms with Crippen molar-refractivity contribution < 1.29 is 80.2 Å². The highest BCUT2D eigenvalue weighted by molar-refractivity contribution is 7.47. The number of ether oxygens (including phenoxy) is 4. The Morgan fingerprint density at radius 2 is 0.686 bits per heavy atom. The highest BCUT2D eigenvalue weighted by atomic mass is 31.2. The quantitative estimate of drug-likeness (QED) is 0.0169. The Kier molecular flexibility index (Phi) is 56.0. The van der Waals surface area contributed by atoms with E-state index >= 15 is 0 Å². The molecule has 0 aliphatic rings. The van der Waals surface area contributed by atoms with Crippen LogP contribution in [0.5, 0.6) is 0 Å². The SMILES string of the molecule is CCCCCC/C=C\C=C/CCCCCCCC(=O)O[C@H](COC(=O)CCCCCCCCC(C)CC)COP(=O)(O)OC[C@H](O)COP(=O)(O)OC[C@@H](COC(=O)CCCCCCCCCCC(C)C)OC(=O)CCCCCCCCC(C)CC.